The van der Waals surface area contributed by atoms with E-state index in [1.807, 2.05) is 0 Å². The summed E-state index contributed by atoms with van der Waals surface area (Å²) in [5.41, 5.74) is -1.11. The van der Waals surface area contributed by atoms with Gasteiger partial charge in [-0.05, 0) is 60.9 Å². The third-order valence-corrected chi connectivity index (χ3v) is 15.6. The van der Waals surface area contributed by atoms with E-state index in [0.717, 1.165) is 28.2 Å². The van der Waals surface area contributed by atoms with Crippen molar-refractivity contribution < 1.29 is 62.1 Å². The van der Waals surface area contributed by atoms with Crippen LogP contribution >= 0.6 is 0 Å². The molecule has 5 aromatic rings. The van der Waals surface area contributed by atoms with Crippen molar-refractivity contribution in [1.29, 1.82) is 0 Å². The number of fused-ring (bicyclic) bond motifs is 5. The van der Waals surface area contributed by atoms with Gasteiger partial charge in [-0.15, -0.1) is 0 Å². The number of aliphatic hydroxyl groups is 1. The van der Waals surface area contributed by atoms with Gasteiger partial charge in [-0.2, -0.15) is 0 Å². The first kappa shape index (κ1) is 56.3. The van der Waals surface area contributed by atoms with Crippen molar-refractivity contribution in [2.45, 2.75) is 82.2 Å². The molecule has 1 fully saturated rings. The van der Waals surface area contributed by atoms with E-state index < -0.39 is 112 Å². The van der Waals surface area contributed by atoms with E-state index in [1.54, 1.807) is 50.2 Å². The van der Waals surface area contributed by atoms with Gasteiger partial charge in [0.05, 0.1) is 81.1 Å². The Morgan fingerprint density at radius 3 is 2.29 bits per heavy atom. The minimum Gasteiger partial charge on any atom is -0.458 e. The molecule has 10 rings (SSSR count). The zero-order valence-corrected chi connectivity index (χ0v) is 44.5. The predicted octanol–water partition coefficient (Wildman–Crippen LogP) is -0.552. The van der Waals surface area contributed by atoms with Crippen LogP contribution in [0.15, 0.2) is 69.0 Å². The minimum absolute atomic E-state index is 0.00339. The monoisotopic (exact) mass is 1130 g/mol. The Morgan fingerprint density at radius 1 is 0.829 bits per heavy atom. The van der Waals surface area contributed by atoms with Crippen LogP contribution in [0, 0.1) is 12.7 Å². The van der Waals surface area contributed by atoms with Gasteiger partial charge in [0, 0.05) is 53.6 Å². The number of anilines is 2. The molecule has 2 unspecified atom stereocenters. The highest BCUT2D eigenvalue weighted by Crippen LogP contribution is 2.52. The fourth-order valence-electron chi connectivity index (χ4n) is 11.1. The first-order valence-electron chi connectivity index (χ1n) is 26.6. The van der Waals surface area contributed by atoms with Gasteiger partial charge >= 0.3 is 5.97 Å². The summed E-state index contributed by atoms with van der Waals surface area (Å²) < 4.78 is 33.1. The lowest BCUT2D eigenvalue weighted by molar-refractivity contribution is -0.172. The van der Waals surface area contributed by atoms with E-state index in [2.05, 4.69) is 37.2 Å². The van der Waals surface area contributed by atoms with Gasteiger partial charge < -0.3 is 61.1 Å². The second kappa shape index (κ2) is 22.9. The van der Waals surface area contributed by atoms with Crippen LogP contribution in [-0.2, 0) is 77.7 Å². The molecule has 1 saturated carbocycles. The summed E-state index contributed by atoms with van der Waals surface area (Å²) >= 11 is 0. The number of ether oxygens (including phenoxy) is 3. The molecule has 82 heavy (non-hydrogen) atoms. The summed E-state index contributed by atoms with van der Waals surface area (Å²) in [6, 6.07) is 11.2. The number of hydrogen-bond donors (Lipinski definition) is 8. The van der Waals surface area contributed by atoms with Crippen LogP contribution in [-0.4, -0.2) is 132 Å². The number of amides is 7. The van der Waals surface area contributed by atoms with Crippen LogP contribution in [0.1, 0.15) is 83.5 Å². The predicted molar refractivity (Wildman–Crippen MR) is 288 cm³/mol. The zero-order chi connectivity index (χ0) is 58.2. The Bertz CT molecular complexity index is 3670. The van der Waals surface area contributed by atoms with Crippen LogP contribution in [0.25, 0.3) is 22.3 Å². The number of aromatic nitrogens is 2. The number of carbonyl (C=O) groups is 8. The quantitative estimate of drug-likeness (QED) is 0.0124. The summed E-state index contributed by atoms with van der Waals surface area (Å²) in [5.74, 6) is -5.91. The normalized spacial score (nSPS) is 20.0. The fraction of sp³-hybridized carbons (Fsp3) is 0.393. The number of nitrogens with zero attached hydrogens (tertiary/aromatic N) is 3. The lowest BCUT2D eigenvalue weighted by Crippen LogP contribution is -2.54. The molecule has 8 N–H and O–H groups in total. The SMILES string of the molecule is CC[C@@]1(O)C(=O)OCc2c1cc1n(c2=O)Cc2c-1nc1cc(F)c(C)c3c1c2[C@@H](Nc1c(NCCOCNC(=O)CNC(=O)C2(NC(=O)CNC(=O)CNC(=O)CCOCCN4C(=O)C=CC4=O)CC2c2ccccc2)c(=O)c1=O)CC3. The number of benzene rings is 2. The molecule has 4 atom stereocenters. The fourth-order valence-corrected chi connectivity index (χ4v) is 11.1. The molecule has 26 heteroatoms. The second-order valence-corrected chi connectivity index (χ2v) is 20.5. The topological polar surface area (TPSA) is 341 Å². The van der Waals surface area contributed by atoms with E-state index in [4.69, 9.17) is 19.2 Å². The number of halogens is 1. The van der Waals surface area contributed by atoms with Crippen molar-refractivity contribution >= 4 is 69.6 Å². The molecule has 2 aromatic heterocycles. The highest BCUT2D eigenvalue weighted by Gasteiger charge is 2.61. The molecule has 428 valence electrons. The van der Waals surface area contributed by atoms with Gasteiger partial charge in [-0.25, -0.2) is 14.2 Å². The average molecular weight is 1130 g/mol. The van der Waals surface area contributed by atoms with Crippen molar-refractivity contribution in [3.8, 4) is 11.4 Å². The van der Waals surface area contributed by atoms with Crippen LogP contribution in [0.5, 0.6) is 0 Å². The number of hydrogen-bond acceptors (Lipinski definition) is 18. The molecule has 0 spiro atoms. The maximum atomic E-state index is 15.5. The highest BCUT2D eigenvalue weighted by atomic mass is 19.1. The standard InChI is InChI=1S/C56H57FN10O15/c1-3-56(79)33-19-38-47-31(25-67(38)52(76)32(33)26-82-54(56)78)46-36(10-9-30-28(2)35(57)20-37(64-47)45(30)46)63-49-48(50(74)51(49)75)58-14-17-81-27-62-41(70)23-61-53(77)55(21-34(55)29-7-5-4-6-8-29)65-42(71)24-60-40(69)22-59-39(68)13-16-80-18-15-66-43(72)11-12-44(66)73/h4-8,11-12,19-20,34,36,58,63,79H,3,9-10,13-18,21-27H2,1-2H3,(H,59,68)(H,60,69)(H,61,77)(H,62,70)(H,65,71)/t34?,36-,55?,56-/m0/s1. The lowest BCUT2D eigenvalue weighted by Gasteiger charge is -2.31. The van der Waals surface area contributed by atoms with Crippen molar-refractivity contribution in [2.75, 3.05) is 69.9 Å². The van der Waals surface area contributed by atoms with Crippen LogP contribution in [0.2, 0.25) is 0 Å². The van der Waals surface area contributed by atoms with Gasteiger partial charge in [-0.3, -0.25) is 52.8 Å². The Labute approximate surface area is 465 Å². The summed E-state index contributed by atoms with van der Waals surface area (Å²) in [6.07, 6.45) is 3.08. The number of aryl methyl sites for hydroxylation is 1. The lowest BCUT2D eigenvalue weighted by atomic mass is 9.81. The van der Waals surface area contributed by atoms with Gasteiger partial charge in [-0.1, -0.05) is 37.3 Å². The molecule has 0 bridgehead atoms. The van der Waals surface area contributed by atoms with Crippen LogP contribution in [0.4, 0.5) is 15.8 Å². The minimum atomic E-state index is -2.07. The molecular weight excluding hydrogens is 1070 g/mol. The molecule has 2 aliphatic carbocycles. The number of nitrogens with one attached hydrogen (secondary N) is 7. The smallest absolute Gasteiger partial charge is 0.343 e. The Hall–Kier alpha value is -9.01. The molecule has 25 nitrogen and oxygen atoms in total. The molecule has 3 aromatic carbocycles. The molecule has 5 aliphatic rings. The van der Waals surface area contributed by atoms with Gasteiger partial charge in [0.15, 0.2) is 5.60 Å². The molecule has 3 aliphatic heterocycles. The first-order chi connectivity index (χ1) is 39.3. The third-order valence-electron chi connectivity index (χ3n) is 15.6. The summed E-state index contributed by atoms with van der Waals surface area (Å²) in [5, 5.41) is 30.8. The Morgan fingerprint density at radius 2 is 1.54 bits per heavy atom. The van der Waals surface area contributed by atoms with Gasteiger partial charge in [0.25, 0.3) is 28.2 Å². The van der Waals surface area contributed by atoms with Crippen molar-refractivity contribution in [1.82, 2.24) is 41.0 Å². The molecular formula is C56H57FN10O15. The maximum absolute atomic E-state index is 15.5. The van der Waals surface area contributed by atoms with Crippen molar-refractivity contribution in [3.05, 3.63) is 130 Å². The summed E-state index contributed by atoms with van der Waals surface area (Å²) in [7, 11) is 0. The van der Waals surface area contributed by atoms with Crippen LogP contribution < -0.4 is 53.6 Å². The number of cyclic esters (lactones) is 1. The summed E-state index contributed by atoms with van der Waals surface area (Å²) in [6.45, 7) is 1.17. The Balaban J connectivity index is 0.696. The molecule has 0 saturated heterocycles. The van der Waals surface area contributed by atoms with E-state index in [9.17, 15) is 57.8 Å². The summed E-state index contributed by atoms with van der Waals surface area (Å²) in [4.78, 5) is 147. The molecule has 0 radical (unpaired) electrons. The number of carbonyl (C=O) groups excluding carboxylic acids is 8. The largest absolute Gasteiger partial charge is 0.458 e. The second-order valence-electron chi connectivity index (χ2n) is 20.5. The van der Waals surface area contributed by atoms with Crippen molar-refractivity contribution in [2.24, 2.45) is 0 Å². The number of rotatable bonds is 24. The first-order valence-corrected chi connectivity index (χ1v) is 26.6. The Kier molecular flexibility index (Phi) is 15.7. The number of imide groups is 1. The zero-order valence-electron chi connectivity index (χ0n) is 44.5. The van der Waals surface area contributed by atoms with Gasteiger partial charge in [0.2, 0.25) is 29.5 Å². The highest BCUT2D eigenvalue weighted by molar-refractivity contribution is 6.13. The average Bonchev–Trinajstić information content (AvgIpc) is 3.35. The van der Waals surface area contributed by atoms with Gasteiger partial charge in [0.1, 0.15) is 36.1 Å². The van der Waals surface area contributed by atoms with E-state index >= 15 is 4.39 Å². The number of pyridine rings is 2. The maximum Gasteiger partial charge on any atom is 0.343 e. The van der Waals surface area contributed by atoms with Crippen LogP contribution in [0.3, 0.4) is 0 Å². The van der Waals surface area contributed by atoms with E-state index in [0.29, 0.717) is 51.8 Å². The molecule has 7 amide bonds. The number of esters is 1. The van der Waals surface area contributed by atoms with E-state index in [-0.39, 0.29) is 94.6 Å². The molecule has 5 heterocycles. The van der Waals surface area contributed by atoms with E-state index in [1.165, 1.54) is 10.6 Å². The third kappa shape index (κ3) is 10.6. The van der Waals surface area contributed by atoms with Crippen molar-refractivity contribution in [3.63, 3.8) is 0 Å².